The molecule has 2 rings (SSSR count). The van der Waals surface area contributed by atoms with E-state index in [1.165, 1.54) is 25.7 Å². The Kier molecular flexibility index (Phi) is 10.6. The SMILES string of the molecule is CCCCCCCNC(=S)NC(=O)c1ccccc1OCCOc1ccccc1. The number of thiocarbonyl (C=S) groups is 1. The van der Waals surface area contributed by atoms with Gasteiger partial charge in [0.05, 0.1) is 5.56 Å². The van der Waals surface area contributed by atoms with Crippen LogP contribution in [0, 0.1) is 0 Å². The van der Waals surface area contributed by atoms with Gasteiger partial charge in [-0.2, -0.15) is 0 Å². The lowest BCUT2D eigenvalue weighted by Gasteiger charge is -2.13. The van der Waals surface area contributed by atoms with Crippen molar-refractivity contribution in [3.63, 3.8) is 0 Å². The van der Waals surface area contributed by atoms with Crippen molar-refractivity contribution in [3.8, 4) is 11.5 Å². The van der Waals surface area contributed by atoms with Crippen LogP contribution in [-0.4, -0.2) is 30.8 Å². The average molecular weight is 415 g/mol. The first-order valence-corrected chi connectivity index (χ1v) is 10.6. The predicted molar refractivity (Wildman–Crippen MR) is 121 cm³/mol. The van der Waals surface area contributed by atoms with Crippen molar-refractivity contribution in [2.45, 2.75) is 39.0 Å². The molecule has 0 fully saturated rings. The van der Waals surface area contributed by atoms with Gasteiger partial charge in [0.1, 0.15) is 24.7 Å². The largest absolute Gasteiger partial charge is 0.490 e. The molecule has 0 spiro atoms. The van der Waals surface area contributed by atoms with Crippen LogP contribution >= 0.6 is 12.2 Å². The van der Waals surface area contributed by atoms with Crippen LogP contribution in [0.15, 0.2) is 54.6 Å². The molecule has 0 saturated carbocycles. The number of unbranched alkanes of at least 4 members (excludes halogenated alkanes) is 4. The normalized spacial score (nSPS) is 10.2. The van der Waals surface area contributed by atoms with Crippen LogP contribution in [0.1, 0.15) is 49.4 Å². The summed E-state index contributed by atoms with van der Waals surface area (Å²) in [6.07, 6.45) is 5.92. The van der Waals surface area contributed by atoms with E-state index in [0.717, 1.165) is 18.7 Å². The molecule has 0 aromatic heterocycles. The zero-order valence-corrected chi connectivity index (χ0v) is 17.8. The maximum atomic E-state index is 12.6. The summed E-state index contributed by atoms with van der Waals surface area (Å²) in [5.41, 5.74) is 0.444. The van der Waals surface area contributed by atoms with Gasteiger partial charge in [0.2, 0.25) is 0 Å². The number of nitrogens with one attached hydrogen (secondary N) is 2. The van der Waals surface area contributed by atoms with Crippen LogP contribution in [0.25, 0.3) is 0 Å². The minimum Gasteiger partial charge on any atom is -0.490 e. The maximum absolute atomic E-state index is 12.6. The standard InChI is InChI=1S/C23H30N2O3S/c1-2-3-4-5-11-16-24-23(29)25-22(26)20-14-9-10-15-21(20)28-18-17-27-19-12-7-6-8-13-19/h6-10,12-15H,2-5,11,16-18H2,1H3,(H2,24,25,26,29). The van der Waals surface area contributed by atoms with Crippen molar-refractivity contribution in [1.29, 1.82) is 0 Å². The molecule has 6 heteroatoms. The fourth-order valence-electron chi connectivity index (χ4n) is 2.75. The van der Waals surface area contributed by atoms with Crippen LogP contribution in [0.4, 0.5) is 0 Å². The number of amides is 1. The van der Waals surface area contributed by atoms with E-state index in [0.29, 0.717) is 29.6 Å². The van der Waals surface area contributed by atoms with E-state index in [1.807, 2.05) is 36.4 Å². The molecule has 0 bridgehead atoms. The minimum absolute atomic E-state index is 0.284. The van der Waals surface area contributed by atoms with E-state index in [9.17, 15) is 4.79 Å². The second-order valence-corrected chi connectivity index (χ2v) is 7.04. The first-order valence-electron chi connectivity index (χ1n) is 10.2. The molecule has 0 aliphatic rings. The monoisotopic (exact) mass is 414 g/mol. The summed E-state index contributed by atoms with van der Waals surface area (Å²) in [5, 5.41) is 6.15. The van der Waals surface area contributed by atoms with Gasteiger partial charge in [-0.05, 0) is 42.9 Å². The quantitative estimate of drug-likeness (QED) is 0.389. The number of para-hydroxylation sites is 2. The number of rotatable bonds is 12. The molecule has 5 nitrogen and oxygen atoms in total. The van der Waals surface area contributed by atoms with Crippen molar-refractivity contribution < 1.29 is 14.3 Å². The van der Waals surface area contributed by atoms with Gasteiger partial charge in [0, 0.05) is 6.54 Å². The molecule has 0 heterocycles. The van der Waals surface area contributed by atoms with Crippen molar-refractivity contribution in [3.05, 3.63) is 60.2 Å². The molecule has 2 aromatic rings. The second-order valence-electron chi connectivity index (χ2n) is 6.63. The van der Waals surface area contributed by atoms with Gasteiger partial charge >= 0.3 is 0 Å². The molecule has 29 heavy (non-hydrogen) atoms. The lowest BCUT2D eigenvalue weighted by atomic mass is 10.1. The average Bonchev–Trinajstić information content (AvgIpc) is 2.74. The second kappa shape index (κ2) is 13.6. The van der Waals surface area contributed by atoms with Gasteiger partial charge in [-0.25, -0.2) is 0 Å². The summed E-state index contributed by atoms with van der Waals surface area (Å²) in [4.78, 5) is 12.6. The van der Waals surface area contributed by atoms with Crippen molar-refractivity contribution in [2.75, 3.05) is 19.8 Å². The van der Waals surface area contributed by atoms with Gasteiger partial charge in [-0.15, -0.1) is 0 Å². The summed E-state index contributed by atoms with van der Waals surface area (Å²) in [5.74, 6) is 1.00. The predicted octanol–water partition coefficient (Wildman–Crippen LogP) is 4.72. The molecule has 0 unspecified atom stereocenters. The Morgan fingerprint density at radius 1 is 0.897 bits per heavy atom. The van der Waals surface area contributed by atoms with E-state index in [1.54, 1.807) is 18.2 Å². The molecule has 0 aliphatic carbocycles. The lowest BCUT2D eigenvalue weighted by molar-refractivity contribution is 0.0971. The number of ether oxygens (including phenoxy) is 2. The Morgan fingerprint density at radius 2 is 1.59 bits per heavy atom. The zero-order chi connectivity index (χ0) is 20.7. The summed E-state index contributed by atoms with van der Waals surface area (Å²) < 4.78 is 11.4. The number of hydrogen-bond acceptors (Lipinski definition) is 4. The van der Waals surface area contributed by atoms with E-state index >= 15 is 0 Å². The molecular weight excluding hydrogens is 384 g/mol. The maximum Gasteiger partial charge on any atom is 0.261 e. The number of hydrogen-bond donors (Lipinski definition) is 2. The Bertz CT molecular complexity index is 753. The smallest absolute Gasteiger partial charge is 0.261 e. The van der Waals surface area contributed by atoms with Gasteiger partial charge in [0.25, 0.3) is 5.91 Å². The van der Waals surface area contributed by atoms with E-state index < -0.39 is 0 Å². The van der Waals surface area contributed by atoms with Gasteiger partial charge < -0.3 is 14.8 Å². The van der Waals surface area contributed by atoms with Crippen LogP contribution in [0.3, 0.4) is 0 Å². The third-order valence-corrected chi connectivity index (χ3v) is 4.52. The highest BCUT2D eigenvalue weighted by Gasteiger charge is 2.13. The van der Waals surface area contributed by atoms with Gasteiger partial charge in [-0.3, -0.25) is 10.1 Å². The molecule has 0 aliphatic heterocycles. The Labute approximate surface area is 178 Å². The summed E-state index contributed by atoms with van der Waals surface area (Å²) in [6, 6.07) is 16.7. The molecular formula is C23H30N2O3S. The Balaban J connectivity index is 1.74. The third kappa shape index (κ3) is 8.96. The Hall–Kier alpha value is -2.60. The van der Waals surface area contributed by atoms with Crippen LogP contribution < -0.4 is 20.1 Å². The van der Waals surface area contributed by atoms with Crippen LogP contribution in [0.5, 0.6) is 11.5 Å². The van der Waals surface area contributed by atoms with Gasteiger partial charge in [-0.1, -0.05) is 62.9 Å². The van der Waals surface area contributed by atoms with Crippen molar-refractivity contribution in [2.24, 2.45) is 0 Å². The fourth-order valence-corrected chi connectivity index (χ4v) is 2.95. The molecule has 0 radical (unpaired) electrons. The minimum atomic E-state index is -0.284. The summed E-state index contributed by atoms with van der Waals surface area (Å²) in [6.45, 7) is 3.68. The zero-order valence-electron chi connectivity index (χ0n) is 17.0. The van der Waals surface area contributed by atoms with Gasteiger partial charge in [0.15, 0.2) is 5.11 Å². The molecule has 2 aromatic carbocycles. The first kappa shape index (κ1) is 22.7. The molecule has 156 valence electrons. The molecule has 1 amide bonds. The van der Waals surface area contributed by atoms with Crippen molar-refractivity contribution >= 4 is 23.2 Å². The van der Waals surface area contributed by atoms with Crippen LogP contribution in [-0.2, 0) is 0 Å². The highest BCUT2D eigenvalue weighted by molar-refractivity contribution is 7.80. The van der Waals surface area contributed by atoms with Crippen LogP contribution in [0.2, 0.25) is 0 Å². The van der Waals surface area contributed by atoms with Crippen molar-refractivity contribution in [1.82, 2.24) is 10.6 Å². The number of carbonyl (C=O) groups is 1. The highest BCUT2D eigenvalue weighted by atomic mass is 32.1. The number of benzene rings is 2. The summed E-state index contributed by atoms with van der Waals surface area (Å²) >= 11 is 5.23. The summed E-state index contributed by atoms with van der Waals surface area (Å²) in [7, 11) is 0. The topological polar surface area (TPSA) is 59.6 Å². The molecule has 0 atom stereocenters. The Morgan fingerprint density at radius 3 is 2.38 bits per heavy atom. The molecule has 2 N–H and O–H groups in total. The fraction of sp³-hybridized carbons (Fsp3) is 0.391. The van der Waals surface area contributed by atoms with E-state index in [2.05, 4.69) is 17.6 Å². The first-order chi connectivity index (χ1) is 14.2. The highest BCUT2D eigenvalue weighted by Crippen LogP contribution is 2.18. The lowest BCUT2D eigenvalue weighted by Crippen LogP contribution is -2.39. The third-order valence-electron chi connectivity index (χ3n) is 4.28. The van der Waals surface area contributed by atoms with E-state index in [4.69, 9.17) is 21.7 Å². The van der Waals surface area contributed by atoms with E-state index in [-0.39, 0.29) is 5.91 Å². The molecule has 0 saturated heterocycles. The number of carbonyl (C=O) groups excluding carboxylic acids is 1.